The number of aliphatic hydroxyl groups excluding tert-OH is 1. The molecule has 0 spiro atoms. The van der Waals surface area contributed by atoms with Gasteiger partial charge in [0.15, 0.2) is 18.0 Å². The molecular weight excluding hydrogens is 531 g/mol. The predicted octanol–water partition coefficient (Wildman–Crippen LogP) is 2.24. The van der Waals surface area contributed by atoms with Gasteiger partial charge in [-0.15, -0.1) is 0 Å². The third-order valence-electron chi connectivity index (χ3n) is 5.96. The third-order valence-corrected chi connectivity index (χ3v) is 7.57. The summed E-state index contributed by atoms with van der Waals surface area (Å²) in [6.07, 6.45) is -3.77. The number of carboxylic acid groups (broad SMARTS) is 1. The Hall–Kier alpha value is -3.42. The van der Waals surface area contributed by atoms with E-state index in [1.165, 1.54) is 6.07 Å². The Labute approximate surface area is 213 Å². The summed E-state index contributed by atoms with van der Waals surface area (Å²) in [5.41, 5.74) is -4.86. The zero-order chi connectivity index (χ0) is 27.9. The van der Waals surface area contributed by atoms with Crippen LogP contribution in [0.5, 0.6) is 5.75 Å². The molecule has 38 heavy (non-hydrogen) atoms. The second-order valence-corrected chi connectivity index (χ2v) is 10.5. The number of aliphatic carboxylic acids is 1. The number of aliphatic hydroxyl groups is 1. The first-order valence-electron chi connectivity index (χ1n) is 11.2. The number of halogens is 2. The summed E-state index contributed by atoms with van der Waals surface area (Å²) in [4.78, 5) is 36.8. The van der Waals surface area contributed by atoms with Crippen molar-refractivity contribution in [3.05, 3.63) is 75.6 Å². The van der Waals surface area contributed by atoms with Gasteiger partial charge in [0.1, 0.15) is 18.4 Å². The highest BCUT2D eigenvalue weighted by Gasteiger charge is 2.65. The smallest absolute Gasteiger partial charge is 0.459 e. The van der Waals surface area contributed by atoms with Gasteiger partial charge in [-0.25, -0.2) is 18.1 Å². The van der Waals surface area contributed by atoms with Crippen molar-refractivity contribution in [2.45, 2.75) is 43.7 Å². The molecule has 0 radical (unpaired) electrons. The molecule has 4 N–H and O–H groups in total. The maximum Gasteiger partial charge on any atom is 0.459 e. The quantitative estimate of drug-likeness (QED) is 0.287. The van der Waals surface area contributed by atoms with Gasteiger partial charge in [0, 0.05) is 17.6 Å². The Morgan fingerprint density at radius 1 is 1.24 bits per heavy atom. The number of ether oxygens (including phenoxy) is 1. The van der Waals surface area contributed by atoms with Crippen molar-refractivity contribution in [1.29, 1.82) is 0 Å². The average molecular weight is 555 g/mol. The largest absolute Gasteiger partial charge is 0.480 e. The number of aromatic nitrogens is 2. The van der Waals surface area contributed by atoms with Gasteiger partial charge in [0.25, 0.3) is 11.4 Å². The van der Waals surface area contributed by atoms with Gasteiger partial charge in [-0.1, -0.05) is 36.4 Å². The Morgan fingerprint density at radius 2 is 1.92 bits per heavy atom. The molecule has 1 aromatic heterocycles. The third kappa shape index (κ3) is 5.26. The van der Waals surface area contributed by atoms with Crippen LogP contribution in [0.25, 0.3) is 10.8 Å². The molecule has 3 aromatic rings. The SMILES string of the molecule is C[C@H](NP(=O)(OC[C@@]1(F)O[C@@H](n2ccc(=O)[nH]c2=O)[C@](C)(F)[C@@H]1O)Oc1cccc2ccccc12)C(=O)O. The number of benzene rings is 2. The summed E-state index contributed by atoms with van der Waals surface area (Å²) in [5, 5.41) is 23.1. The molecule has 0 aliphatic carbocycles. The number of hydrogen-bond donors (Lipinski definition) is 4. The number of carbonyl (C=O) groups is 1. The second kappa shape index (κ2) is 10.0. The van der Waals surface area contributed by atoms with Crippen LogP contribution in [-0.2, 0) is 18.6 Å². The minimum atomic E-state index is -4.73. The summed E-state index contributed by atoms with van der Waals surface area (Å²) >= 11 is 0. The summed E-state index contributed by atoms with van der Waals surface area (Å²) in [5.74, 6) is -4.81. The fourth-order valence-electron chi connectivity index (χ4n) is 3.94. The lowest BCUT2D eigenvalue weighted by atomic mass is 9.97. The summed E-state index contributed by atoms with van der Waals surface area (Å²) < 4.78 is 61.2. The molecule has 1 aliphatic heterocycles. The van der Waals surface area contributed by atoms with Gasteiger partial charge in [-0.05, 0) is 25.3 Å². The number of aromatic amines is 1. The van der Waals surface area contributed by atoms with Crippen LogP contribution < -0.4 is 20.9 Å². The number of rotatable bonds is 9. The monoisotopic (exact) mass is 555 g/mol. The molecule has 1 aliphatic rings. The molecule has 12 nitrogen and oxygen atoms in total. The van der Waals surface area contributed by atoms with Crippen LogP contribution in [0.2, 0.25) is 0 Å². The number of alkyl halides is 2. The molecule has 4 rings (SSSR count). The van der Waals surface area contributed by atoms with Gasteiger partial charge in [0.2, 0.25) is 0 Å². The van der Waals surface area contributed by atoms with E-state index in [-0.39, 0.29) is 5.75 Å². The number of H-pyrrole nitrogens is 1. The van der Waals surface area contributed by atoms with E-state index in [1.807, 2.05) is 4.98 Å². The van der Waals surface area contributed by atoms with Gasteiger partial charge < -0.3 is 19.5 Å². The van der Waals surface area contributed by atoms with Gasteiger partial charge in [-0.3, -0.25) is 23.7 Å². The molecular formula is C23H24F2N3O9P. The number of nitrogens with one attached hydrogen (secondary N) is 2. The normalized spacial score (nSPS) is 27.6. The first-order chi connectivity index (χ1) is 17.8. The highest BCUT2D eigenvalue weighted by Crippen LogP contribution is 2.52. The van der Waals surface area contributed by atoms with Crippen LogP contribution in [-0.4, -0.2) is 56.0 Å². The van der Waals surface area contributed by atoms with E-state index in [9.17, 15) is 29.2 Å². The number of fused-ring (bicyclic) bond motifs is 1. The Kier molecular flexibility index (Phi) is 7.30. The molecule has 0 bridgehead atoms. The van der Waals surface area contributed by atoms with Crippen LogP contribution in [0.15, 0.2) is 64.3 Å². The Morgan fingerprint density at radius 3 is 2.61 bits per heavy atom. The van der Waals surface area contributed by atoms with Crippen molar-refractivity contribution in [2.24, 2.45) is 0 Å². The Bertz CT molecular complexity index is 1520. The fourth-order valence-corrected chi connectivity index (χ4v) is 5.46. The van der Waals surface area contributed by atoms with Gasteiger partial charge >= 0.3 is 19.4 Å². The molecule has 0 saturated carbocycles. The predicted molar refractivity (Wildman–Crippen MR) is 129 cm³/mol. The van der Waals surface area contributed by atoms with Crippen LogP contribution in [0.3, 0.4) is 0 Å². The maximum atomic E-state index is 15.8. The molecule has 1 saturated heterocycles. The van der Waals surface area contributed by atoms with E-state index in [0.29, 0.717) is 15.3 Å². The van der Waals surface area contributed by atoms with Crippen LogP contribution in [0, 0.1) is 0 Å². The van der Waals surface area contributed by atoms with Crippen LogP contribution in [0.1, 0.15) is 20.1 Å². The number of carboxylic acids is 1. The van der Waals surface area contributed by atoms with Crippen molar-refractivity contribution >= 4 is 24.5 Å². The van der Waals surface area contributed by atoms with Crippen LogP contribution in [0.4, 0.5) is 8.78 Å². The summed E-state index contributed by atoms with van der Waals surface area (Å²) in [7, 11) is -4.73. The van der Waals surface area contributed by atoms with Gasteiger partial charge in [-0.2, -0.15) is 5.09 Å². The molecule has 6 atom stereocenters. The zero-order valence-corrected chi connectivity index (χ0v) is 20.9. The van der Waals surface area contributed by atoms with E-state index in [4.69, 9.17) is 13.8 Å². The minimum absolute atomic E-state index is 0.00492. The lowest BCUT2D eigenvalue weighted by Crippen LogP contribution is -2.47. The van der Waals surface area contributed by atoms with E-state index in [0.717, 1.165) is 26.1 Å². The fraction of sp³-hybridized carbons (Fsp3) is 0.348. The molecule has 204 valence electrons. The standard InChI is InChI=1S/C23H24F2N3O9P/c1-13(18(30)31)27-38(34,37-16-9-5-7-14-6-3-4-8-15(14)16)35-12-23(25)19(32)22(2,24)20(36-23)28-11-10-17(29)26-21(28)33/h3-11,13,19-20,32H,12H2,1-2H3,(H,27,34)(H,30,31)(H,26,29,33)/t13-,19-,20+,22+,23+,38?/m0/s1. The van der Waals surface area contributed by atoms with E-state index < -0.39 is 61.5 Å². The number of hydrogen-bond acceptors (Lipinski definition) is 8. The molecule has 15 heteroatoms. The zero-order valence-electron chi connectivity index (χ0n) is 20.0. The van der Waals surface area contributed by atoms with E-state index in [2.05, 4.69) is 5.09 Å². The first kappa shape index (κ1) is 27.6. The molecule has 1 unspecified atom stereocenters. The van der Waals surface area contributed by atoms with Crippen molar-refractivity contribution < 1.29 is 42.1 Å². The van der Waals surface area contributed by atoms with Crippen molar-refractivity contribution in [3.63, 3.8) is 0 Å². The minimum Gasteiger partial charge on any atom is -0.480 e. The Balaban J connectivity index is 1.64. The number of nitrogens with zero attached hydrogens (tertiary/aromatic N) is 1. The summed E-state index contributed by atoms with van der Waals surface area (Å²) in [6, 6.07) is 10.9. The van der Waals surface area contributed by atoms with Crippen molar-refractivity contribution in [2.75, 3.05) is 6.61 Å². The molecule has 1 fully saturated rings. The topological polar surface area (TPSA) is 169 Å². The van der Waals surface area contributed by atoms with Gasteiger partial charge in [0.05, 0.1) is 0 Å². The lowest BCUT2D eigenvalue weighted by molar-refractivity contribution is -0.204. The average Bonchev–Trinajstić information content (AvgIpc) is 3.03. The molecule has 0 amide bonds. The molecule has 2 heterocycles. The summed E-state index contributed by atoms with van der Waals surface area (Å²) in [6.45, 7) is 0.496. The molecule has 2 aromatic carbocycles. The first-order valence-corrected chi connectivity index (χ1v) is 12.8. The second-order valence-electron chi connectivity index (χ2n) is 8.86. The van der Waals surface area contributed by atoms with E-state index in [1.54, 1.807) is 36.4 Å². The lowest BCUT2D eigenvalue weighted by Gasteiger charge is -2.28. The van der Waals surface area contributed by atoms with Crippen molar-refractivity contribution in [1.82, 2.24) is 14.6 Å². The maximum absolute atomic E-state index is 15.8. The van der Waals surface area contributed by atoms with Crippen molar-refractivity contribution in [3.8, 4) is 5.75 Å². The van der Waals surface area contributed by atoms with E-state index >= 15 is 8.78 Å². The highest BCUT2D eigenvalue weighted by atomic mass is 31.2. The van der Waals surface area contributed by atoms with Crippen LogP contribution >= 0.6 is 7.75 Å². The highest BCUT2D eigenvalue weighted by molar-refractivity contribution is 7.52.